The zero-order valence-corrected chi connectivity index (χ0v) is 16.5. The van der Waals surface area contributed by atoms with E-state index >= 15 is 0 Å². The quantitative estimate of drug-likeness (QED) is 0.327. The molecule has 11 heteroatoms. The number of nitrogens with zero attached hydrogens (tertiary/aromatic N) is 8. The van der Waals surface area contributed by atoms with Crippen LogP contribution in [0.4, 0.5) is 0 Å². The maximum Gasteiger partial charge on any atom is 0.345 e. The molecular formula is C18H19N9OS. The topological polar surface area (TPSA) is 108 Å². The van der Waals surface area contributed by atoms with Crippen molar-refractivity contribution in [1.82, 2.24) is 45.7 Å². The summed E-state index contributed by atoms with van der Waals surface area (Å²) in [6, 6.07) is 17.8. The summed E-state index contributed by atoms with van der Waals surface area (Å²) in [5.74, 6) is 1.56. The third kappa shape index (κ3) is 4.95. The lowest BCUT2D eigenvalue weighted by atomic mass is 10.2. The van der Waals surface area contributed by atoms with Crippen molar-refractivity contribution in [2.24, 2.45) is 7.05 Å². The van der Waals surface area contributed by atoms with Crippen LogP contribution in [0.3, 0.4) is 0 Å². The van der Waals surface area contributed by atoms with E-state index in [1.165, 1.54) is 0 Å². The van der Waals surface area contributed by atoms with Crippen LogP contribution >= 0.6 is 11.8 Å². The van der Waals surface area contributed by atoms with Crippen LogP contribution in [0.1, 0.15) is 5.56 Å². The van der Waals surface area contributed by atoms with Crippen molar-refractivity contribution in [3.8, 4) is 17.4 Å². The van der Waals surface area contributed by atoms with Crippen LogP contribution in [-0.2, 0) is 13.6 Å². The average molecular weight is 409 g/mol. The first-order valence-electron chi connectivity index (χ1n) is 8.96. The second kappa shape index (κ2) is 9.26. The molecule has 29 heavy (non-hydrogen) atoms. The molecule has 1 N–H and O–H groups in total. The number of aromatic nitrogens is 8. The highest BCUT2D eigenvalue weighted by atomic mass is 32.2. The minimum atomic E-state index is 0.317. The molecule has 0 unspecified atom stereocenters. The first kappa shape index (κ1) is 19.0. The van der Waals surface area contributed by atoms with Gasteiger partial charge >= 0.3 is 6.01 Å². The fourth-order valence-corrected chi connectivity index (χ4v) is 3.29. The van der Waals surface area contributed by atoms with Gasteiger partial charge in [-0.1, -0.05) is 47.2 Å². The Kier molecular flexibility index (Phi) is 6.07. The molecule has 0 spiro atoms. The number of rotatable bonds is 9. The van der Waals surface area contributed by atoms with Crippen LogP contribution in [0.15, 0.2) is 59.8 Å². The number of aryl methyl sites for hydroxylation is 1. The molecule has 0 saturated heterocycles. The minimum Gasteiger partial charge on any atom is -0.423 e. The van der Waals surface area contributed by atoms with Gasteiger partial charge in [-0.2, -0.15) is 4.68 Å². The van der Waals surface area contributed by atoms with Crippen molar-refractivity contribution in [1.29, 1.82) is 0 Å². The largest absolute Gasteiger partial charge is 0.423 e. The molecule has 0 atom stereocenters. The molecule has 0 bridgehead atoms. The second-order valence-corrected chi connectivity index (χ2v) is 7.13. The van der Waals surface area contributed by atoms with Crippen LogP contribution in [-0.4, -0.2) is 52.7 Å². The van der Waals surface area contributed by atoms with Gasteiger partial charge in [-0.05, 0) is 50.7 Å². The van der Waals surface area contributed by atoms with Crippen molar-refractivity contribution in [2.45, 2.75) is 11.7 Å². The summed E-state index contributed by atoms with van der Waals surface area (Å²) in [5, 5.41) is 27.2. The fourth-order valence-electron chi connectivity index (χ4n) is 2.55. The molecule has 4 aromatic rings. The summed E-state index contributed by atoms with van der Waals surface area (Å²) < 4.78 is 9.06. The van der Waals surface area contributed by atoms with Gasteiger partial charge in [0, 0.05) is 25.9 Å². The molecule has 2 heterocycles. The second-order valence-electron chi connectivity index (χ2n) is 6.07. The van der Waals surface area contributed by atoms with Gasteiger partial charge in [0.05, 0.1) is 5.69 Å². The predicted molar refractivity (Wildman–Crippen MR) is 107 cm³/mol. The molecule has 148 valence electrons. The van der Waals surface area contributed by atoms with Crippen molar-refractivity contribution < 1.29 is 4.74 Å². The molecule has 0 amide bonds. The Morgan fingerprint density at radius 3 is 2.52 bits per heavy atom. The number of tetrazole rings is 2. The van der Waals surface area contributed by atoms with Crippen LogP contribution in [0.2, 0.25) is 0 Å². The highest BCUT2D eigenvalue weighted by molar-refractivity contribution is 7.99. The Bertz CT molecular complexity index is 1030. The molecule has 2 aromatic heterocycles. The lowest BCUT2D eigenvalue weighted by Crippen LogP contribution is -2.16. The standard InChI is InChI=1S/C18H19N9OS/c1-26-18(21-23-24-26)29-12-11-19-13-14-7-9-16(10-8-14)28-17-20-22-25-27(17)15-5-3-2-4-6-15/h2-10,19H,11-13H2,1H3. The zero-order chi connectivity index (χ0) is 19.9. The van der Waals surface area contributed by atoms with E-state index in [0.717, 1.165) is 35.2 Å². The molecule has 0 aliphatic heterocycles. The molecule has 0 radical (unpaired) electrons. The molecule has 2 aromatic carbocycles. The number of hydrogen-bond acceptors (Lipinski definition) is 9. The van der Waals surface area contributed by atoms with E-state index in [9.17, 15) is 0 Å². The smallest absolute Gasteiger partial charge is 0.345 e. The van der Waals surface area contributed by atoms with Gasteiger partial charge in [-0.25, -0.2) is 4.68 Å². The van der Waals surface area contributed by atoms with E-state index in [1.807, 2.05) is 61.6 Å². The van der Waals surface area contributed by atoms with Crippen molar-refractivity contribution in [3.63, 3.8) is 0 Å². The summed E-state index contributed by atoms with van der Waals surface area (Å²) in [7, 11) is 1.83. The number of benzene rings is 2. The third-order valence-electron chi connectivity index (χ3n) is 3.99. The van der Waals surface area contributed by atoms with E-state index in [-0.39, 0.29) is 0 Å². The Hall–Kier alpha value is -3.31. The van der Waals surface area contributed by atoms with E-state index in [2.05, 4.69) is 36.4 Å². The minimum absolute atomic E-state index is 0.317. The van der Waals surface area contributed by atoms with E-state index in [0.29, 0.717) is 11.8 Å². The molecule has 0 aliphatic rings. The number of nitrogens with one attached hydrogen (secondary N) is 1. The van der Waals surface area contributed by atoms with E-state index < -0.39 is 0 Å². The van der Waals surface area contributed by atoms with Gasteiger partial charge in [0.25, 0.3) is 0 Å². The van der Waals surface area contributed by atoms with Gasteiger partial charge in [0.1, 0.15) is 5.75 Å². The summed E-state index contributed by atoms with van der Waals surface area (Å²) in [5.41, 5.74) is 1.99. The van der Waals surface area contributed by atoms with Gasteiger partial charge in [-0.15, -0.1) is 5.10 Å². The monoisotopic (exact) mass is 409 g/mol. The number of ether oxygens (including phenoxy) is 1. The number of para-hydroxylation sites is 1. The normalized spacial score (nSPS) is 10.9. The van der Waals surface area contributed by atoms with Gasteiger partial charge in [0.2, 0.25) is 5.16 Å². The van der Waals surface area contributed by atoms with Crippen LogP contribution in [0, 0.1) is 0 Å². The summed E-state index contributed by atoms with van der Waals surface area (Å²) in [4.78, 5) is 0. The molecule has 4 rings (SSSR count). The highest BCUT2D eigenvalue weighted by Crippen LogP contribution is 2.21. The summed E-state index contributed by atoms with van der Waals surface area (Å²) in [6.45, 7) is 1.61. The van der Waals surface area contributed by atoms with Gasteiger partial charge < -0.3 is 10.1 Å². The maximum absolute atomic E-state index is 5.84. The first-order valence-corrected chi connectivity index (χ1v) is 9.94. The SMILES string of the molecule is Cn1nnnc1SCCNCc1ccc(Oc2nnnn2-c2ccccc2)cc1. The fraction of sp³-hybridized carbons (Fsp3) is 0.222. The highest BCUT2D eigenvalue weighted by Gasteiger charge is 2.10. The van der Waals surface area contributed by atoms with Gasteiger partial charge in [-0.3, -0.25) is 0 Å². The summed E-state index contributed by atoms with van der Waals surface area (Å²) in [6.07, 6.45) is 0. The average Bonchev–Trinajstić information content (AvgIpc) is 3.38. The van der Waals surface area contributed by atoms with Crippen molar-refractivity contribution in [3.05, 3.63) is 60.2 Å². The lowest BCUT2D eigenvalue weighted by Gasteiger charge is -2.08. The Morgan fingerprint density at radius 1 is 0.966 bits per heavy atom. The van der Waals surface area contributed by atoms with Crippen LogP contribution in [0.5, 0.6) is 11.8 Å². The number of hydrogen-bond donors (Lipinski definition) is 1. The molecule has 0 fully saturated rings. The van der Waals surface area contributed by atoms with Crippen LogP contribution in [0.25, 0.3) is 5.69 Å². The van der Waals surface area contributed by atoms with Gasteiger partial charge in [0.15, 0.2) is 0 Å². The predicted octanol–water partition coefficient (Wildman–Crippen LogP) is 1.86. The van der Waals surface area contributed by atoms with Crippen LogP contribution < -0.4 is 10.1 Å². The zero-order valence-electron chi connectivity index (χ0n) is 15.7. The summed E-state index contributed by atoms with van der Waals surface area (Å²) >= 11 is 1.62. The maximum atomic E-state index is 5.84. The third-order valence-corrected chi connectivity index (χ3v) is 5.01. The number of thioether (sulfide) groups is 1. The van der Waals surface area contributed by atoms with E-state index in [4.69, 9.17) is 4.74 Å². The van der Waals surface area contributed by atoms with E-state index in [1.54, 1.807) is 21.1 Å². The molecular weight excluding hydrogens is 390 g/mol. The molecule has 0 aliphatic carbocycles. The van der Waals surface area contributed by atoms with Crippen molar-refractivity contribution >= 4 is 11.8 Å². The first-order chi connectivity index (χ1) is 14.3. The lowest BCUT2D eigenvalue weighted by molar-refractivity contribution is 0.427. The Morgan fingerprint density at radius 2 is 1.76 bits per heavy atom. The Balaban J connectivity index is 1.27. The molecule has 0 saturated carbocycles. The molecule has 10 nitrogen and oxygen atoms in total. The van der Waals surface area contributed by atoms with Crippen molar-refractivity contribution in [2.75, 3.05) is 12.3 Å². The Labute approximate surface area is 171 Å².